The lowest BCUT2D eigenvalue weighted by Crippen LogP contribution is -2.34. The Morgan fingerprint density at radius 3 is 2.79 bits per heavy atom. The second-order valence-corrected chi connectivity index (χ2v) is 10.0. The number of halogens is 1. The van der Waals surface area contributed by atoms with Gasteiger partial charge in [-0.05, 0) is 73.4 Å². The van der Waals surface area contributed by atoms with Crippen LogP contribution in [0.25, 0.3) is 0 Å². The Bertz CT molecular complexity index is 971. The highest BCUT2D eigenvalue weighted by Crippen LogP contribution is 2.46. The van der Waals surface area contributed by atoms with Crippen molar-refractivity contribution in [3.8, 4) is 0 Å². The number of benzene rings is 1. The number of piperidine rings is 1. The third kappa shape index (κ3) is 5.34. The van der Waals surface area contributed by atoms with Crippen LogP contribution in [0.2, 0.25) is 5.02 Å². The number of nitrogens with one attached hydrogen (secondary N) is 2. The second-order valence-electron chi connectivity index (χ2n) is 9.61. The Balaban J connectivity index is 1.09. The molecule has 1 saturated carbocycles. The summed E-state index contributed by atoms with van der Waals surface area (Å²) in [5, 5.41) is 7.88. The number of nitrogens with zero attached hydrogens (tertiary/aromatic N) is 2. The van der Waals surface area contributed by atoms with Crippen LogP contribution in [0, 0.1) is 11.8 Å². The molecule has 3 heterocycles. The van der Waals surface area contributed by atoms with E-state index in [1.165, 1.54) is 24.8 Å². The Kier molecular flexibility index (Phi) is 6.86. The molecule has 1 aromatic heterocycles. The minimum absolute atomic E-state index is 0.0394. The van der Waals surface area contributed by atoms with Crippen LogP contribution in [-0.4, -0.2) is 55.2 Å². The van der Waals surface area contributed by atoms with E-state index in [1.54, 1.807) is 0 Å². The van der Waals surface area contributed by atoms with E-state index in [9.17, 15) is 4.79 Å². The van der Waals surface area contributed by atoms with Crippen LogP contribution in [-0.2, 0) is 22.4 Å². The number of ether oxygens (including phenoxy) is 1. The zero-order valence-electron chi connectivity index (χ0n) is 19.2. The maximum Gasteiger partial charge on any atom is 0.307 e. The second kappa shape index (κ2) is 10.00. The van der Waals surface area contributed by atoms with Crippen molar-refractivity contribution in [3.63, 3.8) is 0 Å². The maximum absolute atomic E-state index is 12.0. The van der Waals surface area contributed by atoms with Crippen LogP contribution in [0.1, 0.15) is 42.1 Å². The van der Waals surface area contributed by atoms with Gasteiger partial charge in [0, 0.05) is 42.4 Å². The van der Waals surface area contributed by atoms with E-state index < -0.39 is 0 Å². The number of pyridine rings is 1. The lowest BCUT2D eigenvalue weighted by Gasteiger charge is -2.23. The molecule has 1 saturated heterocycles. The fourth-order valence-electron chi connectivity index (χ4n) is 5.49. The van der Waals surface area contributed by atoms with Gasteiger partial charge in [-0.25, -0.2) is 4.98 Å². The van der Waals surface area contributed by atoms with E-state index in [2.05, 4.69) is 27.7 Å². The summed E-state index contributed by atoms with van der Waals surface area (Å²) in [6.45, 7) is 4.42. The first-order valence-electron chi connectivity index (χ1n) is 12.1. The molecular weight excluding hydrogens is 436 g/mol. The first-order valence-corrected chi connectivity index (χ1v) is 12.5. The van der Waals surface area contributed by atoms with Crippen LogP contribution in [0.15, 0.2) is 36.4 Å². The number of carbonyl (C=O) groups is 1. The molecule has 6 nitrogen and oxygen atoms in total. The van der Waals surface area contributed by atoms with Gasteiger partial charge in [-0.1, -0.05) is 29.8 Å². The van der Waals surface area contributed by atoms with Gasteiger partial charge in [0.1, 0.15) is 5.82 Å². The molecule has 3 atom stereocenters. The summed E-state index contributed by atoms with van der Waals surface area (Å²) < 4.78 is 4.93. The van der Waals surface area contributed by atoms with Crippen LogP contribution < -0.4 is 10.6 Å². The molecule has 2 fully saturated rings. The van der Waals surface area contributed by atoms with Gasteiger partial charge in [0.05, 0.1) is 13.5 Å². The molecule has 1 aliphatic carbocycles. The standard InChI is InChI=1S/C26H33ClN4O2/c1-33-24(32)14-23(17-6-9-19(27)10-7-17)30-25-21-15-31(16-22(21)25)13-3-5-20-11-8-18-4-2-12-28-26(18)29-20/h6-11,21-23,25,30H,2-5,12-16H2,1H3,(H,28,29). The van der Waals surface area contributed by atoms with Gasteiger partial charge >= 0.3 is 5.97 Å². The largest absolute Gasteiger partial charge is 0.469 e. The number of carbonyl (C=O) groups excluding carboxylic acids is 1. The van der Waals surface area contributed by atoms with E-state index in [4.69, 9.17) is 21.3 Å². The van der Waals surface area contributed by atoms with E-state index in [1.807, 2.05) is 24.3 Å². The number of aryl methyl sites for hydroxylation is 2. The summed E-state index contributed by atoms with van der Waals surface area (Å²) in [7, 11) is 1.45. The van der Waals surface area contributed by atoms with E-state index in [0.717, 1.165) is 56.8 Å². The maximum atomic E-state index is 12.0. The average molecular weight is 469 g/mol. The molecule has 5 rings (SSSR count). The predicted octanol–water partition coefficient (Wildman–Crippen LogP) is 3.85. The van der Waals surface area contributed by atoms with Crippen molar-refractivity contribution in [2.45, 2.75) is 44.2 Å². The Labute approximate surface area is 201 Å². The van der Waals surface area contributed by atoms with Gasteiger partial charge in [0.25, 0.3) is 0 Å². The summed E-state index contributed by atoms with van der Waals surface area (Å²) in [6, 6.07) is 12.6. The number of esters is 1. The van der Waals surface area contributed by atoms with E-state index in [-0.39, 0.29) is 12.0 Å². The minimum atomic E-state index is -0.194. The lowest BCUT2D eigenvalue weighted by atomic mass is 10.0. The van der Waals surface area contributed by atoms with Crippen molar-refractivity contribution in [1.82, 2.24) is 15.2 Å². The highest BCUT2D eigenvalue weighted by atomic mass is 35.5. The molecule has 2 N–H and O–H groups in total. The Morgan fingerprint density at radius 2 is 2.03 bits per heavy atom. The van der Waals surface area contributed by atoms with Crippen LogP contribution in [0.3, 0.4) is 0 Å². The zero-order valence-corrected chi connectivity index (χ0v) is 20.0. The van der Waals surface area contributed by atoms with Crippen LogP contribution >= 0.6 is 11.6 Å². The number of aromatic nitrogens is 1. The van der Waals surface area contributed by atoms with Gasteiger partial charge in [0.2, 0.25) is 0 Å². The molecule has 0 amide bonds. The van der Waals surface area contributed by atoms with Crippen LogP contribution in [0.4, 0.5) is 5.82 Å². The van der Waals surface area contributed by atoms with Crippen LogP contribution in [0.5, 0.6) is 0 Å². The molecule has 0 spiro atoms. The molecule has 176 valence electrons. The SMILES string of the molecule is COC(=O)CC(NC1C2CN(CCCc3ccc4c(n3)NCCC4)CC21)c1ccc(Cl)cc1. The fourth-order valence-corrected chi connectivity index (χ4v) is 5.61. The van der Waals surface area contributed by atoms with Crippen molar-refractivity contribution < 1.29 is 9.53 Å². The highest BCUT2D eigenvalue weighted by Gasteiger charge is 2.55. The molecular formula is C26H33ClN4O2. The molecule has 0 radical (unpaired) electrons. The summed E-state index contributed by atoms with van der Waals surface area (Å²) >= 11 is 6.05. The highest BCUT2D eigenvalue weighted by molar-refractivity contribution is 6.30. The quantitative estimate of drug-likeness (QED) is 0.545. The first kappa shape index (κ1) is 22.6. The topological polar surface area (TPSA) is 66.5 Å². The summed E-state index contributed by atoms with van der Waals surface area (Å²) in [4.78, 5) is 19.4. The molecule has 0 bridgehead atoms. The Morgan fingerprint density at radius 1 is 1.24 bits per heavy atom. The van der Waals surface area contributed by atoms with Gasteiger partial charge in [0.15, 0.2) is 0 Å². The number of rotatable bonds is 9. The third-order valence-electron chi connectivity index (χ3n) is 7.39. The van der Waals surface area contributed by atoms with Crippen molar-refractivity contribution in [1.29, 1.82) is 0 Å². The molecule has 1 aromatic carbocycles. The van der Waals surface area contributed by atoms with Crippen molar-refractivity contribution in [3.05, 3.63) is 58.2 Å². The lowest BCUT2D eigenvalue weighted by molar-refractivity contribution is -0.141. The predicted molar refractivity (Wildman–Crippen MR) is 131 cm³/mol. The van der Waals surface area contributed by atoms with E-state index in [0.29, 0.717) is 29.3 Å². The monoisotopic (exact) mass is 468 g/mol. The van der Waals surface area contributed by atoms with Gasteiger partial charge < -0.3 is 20.3 Å². The van der Waals surface area contributed by atoms with Crippen molar-refractivity contribution in [2.75, 3.05) is 38.6 Å². The summed E-state index contributed by atoms with van der Waals surface area (Å²) in [5.41, 5.74) is 3.63. The molecule has 3 aliphatic rings. The number of hydrogen-bond acceptors (Lipinski definition) is 6. The van der Waals surface area contributed by atoms with Crippen molar-refractivity contribution in [2.24, 2.45) is 11.8 Å². The van der Waals surface area contributed by atoms with E-state index >= 15 is 0 Å². The molecule has 2 aromatic rings. The molecule has 33 heavy (non-hydrogen) atoms. The molecule has 7 heteroatoms. The number of methoxy groups -OCH3 is 1. The molecule has 3 unspecified atom stereocenters. The third-order valence-corrected chi connectivity index (χ3v) is 7.65. The minimum Gasteiger partial charge on any atom is -0.469 e. The van der Waals surface area contributed by atoms with Gasteiger partial charge in [-0.2, -0.15) is 0 Å². The summed E-state index contributed by atoms with van der Waals surface area (Å²) in [5.74, 6) is 2.24. The summed E-state index contributed by atoms with van der Waals surface area (Å²) in [6.07, 6.45) is 4.84. The number of likely N-dealkylation sites (tertiary alicyclic amines) is 1. The van der Waals surface area contributed by atoms with Gasteiger partial charge in [-0.3, -0.25) is 4.79 Å². The fraction of sp³-hybridized carbons (Fsp3) is 0.538. The molecule has 2 aliphatic heterocycles. The number of anilines is 1. The smallest absolute Gasteiger partial charge is 0.307 e. The number of fused-ring (bicyclic) bond motifs is 2. The van der Waals surface area contributed by atoms with Crippen molar-refractivity contribution >= 4 is 23.4 Å². The normalized spacial score (nSPS) is 24.5. The van der Waals surface area contributed by atoms with Gasteiger partial charge in [-0.15, -0.1) is 0 Å². The Hall–Kier alpha value is -2.15. The zero-order chi connectivity index (χ0) is 22.8. The average Bonchev–Trinajstić information content (AvgIpc) is 3.27. The first-order chi connectivity index (χ1) is 16.1. The number of hydrogen-bond donors (Lipinski definition) is 2.